The molecule has 2 fully saturated rings. The molecule has 4 amide bonds. The maximum atomic E-state index is 12.4. The number of carbonyl (C=O) groups is 3. The minimum absolute atomic E-state index is 0.111. The Morgan fingerprint density at radius 2 is 1.91 bits per heavy atom. The highest BCUT2D eigenvalue weighted by Crippen LogP contribution is 2.44. The first-order valence-corrected chi connectivity index (χ1v) is 6.94. The second-order valence-corrected chi connectivity index (χ2v) is 5.81. The predicted molar refractivity (Wildman–Crippen MR) is 77.4 cm³/mol. The zero-order valence-electron chi connectivity index (χ0n) is 12.2. The fraction of sp³-hybridized carbons (Fsp3) is 0.357. The number of rotatable bonds is 2. The molecule has 0 aromatic heterocycles. The Morgan fingerprint density at radius 3 is 2.52 bits per heavy atom. The minimum atomic E-state index is -1.47. The number of amides is 4. The van der Waals surface area contributed by atoms with Crippen LogP contribution >= 0.6 is 0 Å². The van der Waals surface area contributed by atoms with Crippen LogP contribution in [0.4, 0.5) is 10.5 Å². The fourth-order valence-corrected chi connectivity index (χ4v) is 3.34. The largest absolute Gasteiger partial charge is 0.328 e. The lowest BCUT2D eigenvalue weighted by atomic mass is 9.72. The van der Waals surface area contributed by atoms with Crippen molar-refractivity contribution in [1.82, 2.24) is 15.5 Å². The maximum Gasteiger partial charge on any atom is 0.328 e. The molecule has 0 aliphatic carbocycles. The summed E-state index contributed by atoms with van der Waals surface area (Å²) in [4.78, 5) is 48.4. The molecule has 3 rings (SSSR count). The molecule has 23 heavy (non-hydrogen) atoms. The van der Waals surface area contributed by atoms with E-state index in [1.165, 1.54) is 18.2 Å². The van der Waals surface area contributed by atoms with Crippen LogP contribution in [-0.2, 0) is 9.59 Å². The van der Waals surface area contributed by atoms with Crippen LogP contribution in [0.3, 0.4) is 0 Å². The highest BCUT2D eigenvalue weighted by molar-refractivity contribution is 6.20. The summed E-state index contributed by atoms with van der Waals surface area (Å²) in [5, 5.41) is 15.2. The van der Waals surface area contributed by atoms with Crippen LogP contribution < -0.4 is 10.6 Å². The summed E-state index contributed by atoms with van der Waals surface area (Å²) in [6.07, 6.45) is 0. The smallest absolute Gasteiger partial charge is 0.304 e. The van der Waals surface area contributed by atoms with Crippen molar-refractivity contribution in [2.24, 2.45) is 5.41 Å². The first-order chi connectivity index (χ1) is 10.8. The normalized spacial score (nSPS) is 23.7. The van der Waals surface area contributed by atoms with Crippen molar-refractivity contribution < 1.29 is 19.3 Å². The quantitative estimate of drug-likeness (QED) is 0.449. The number of likely N-dealkylation sites (tertiary alicyclic amines) is 1. The van der Waals surface area contributed by atoms with Gasteiger partial charge < -0.3 is 4.90 Å². The van der Waals surface area contributed by atoms with Crippen molar-refractivity contribution in [1.29, 1.82) is 0 Å². The topological polar surface area (TPSA) is 122 Å². The van der Waals surface area contributed by atoms with E-state index in [1.807, 2.05) is 0 Å². The number of hydrogen-bond acceptors (Lipinski definition) is 6. The predicted octanol–water partition coefficient (Wildman–Crippen LogP) is -0.0238. The van der Waals surface area contributed by atoms with E-state index in [4.69, 9.17) is 0 Å². The van der Waals surface area contributed by atoms with Gasteiger partial charge in [-0.15, -0.1) is 0 Å². The highest BCUT2D eigenvalue weighted by atomic mass is 16.6. The van der Waals surface area contributed by atoms with E-state index in [2.05, 4.69) is 10.6 Å². The Hall–Kier alpha value is -2.81. The Bertz CT molecular complexity index is 712. The van der Waals surface area contributed by atoms with Crippen LogP contribution in [0.25, 0.3) is 0 Å². The maximum absolute atomic E-state index is 12.4. The summed E-state index contributed by atoms with van der Waals surface area (Å²) < 4.78 is 0. The van der Waals surface area contributed by atoms with Crippen LogP contribution in [0.5, 0.6) is 0 Å². The highest BCUT2D eigenvalue weighted by Gasteiger charge is 2.60. The van der Waals surface area contributed by atoms with Gasteiger partial charge in [0.2, 0.25) is 11.8 Å². The van der Waals surface area contributed by atoms with Crippen molar-refractivity contribution in [3.05, 3.63) is 39.9 Å². The monoisotopic (exact) mass is 318 g/mol. The summed E-state index contributed by atoms with van der Waals surface area (Å²) in [5.74, 6) is -1.93. The summed E-state index contributed by atoms with van der Waals surface area (Å²) in [7, 11) is 1.75. The first kappa shape index (κ1) is 15.1. The molecule has 1 atom stereocenters. The van der Waals surface area contributed by atoms with Gasteiger partial charge in [-0.3, -0.25) is 30.3 Å². The van der Waals surface area contributed by atoms with Crippen molar-refractivity contribution in [3.8, 4) is 0 Å². The minimum Gasteiger partial charge on any atom is -0.304 e. The van der Waals surface area contributed by atoms with Gasteiger partial charge in [-0.2, -0.15) is 0 Å². The number of hydrogen-bond donors (Lipinski definition) is 2. The Kier molecular flexibility index (Phi) is 3.37. The third-order valence-electron chi connectivity index (χ3n) is 4.36. The van der Waals surface area contributed by atoms with Gasteiger partial charge in [0, 0.05) is 31.1 Å². The lowest BCUT2D eigenvalue weighted by molar-refractivity contribution is -0.384. The molecule has 0 bridgehead atoms. The number of nitro groups is 1. The number of benzene rings is 1. The molecule has 2 saturated heterocycles. The summed E-state index contributed by atoms with van der Waals surface area (Å²) in [6.45, 7) is 0.501. The van der Waals surface area contributed by atoms with Crippen molar-refractivity contribution >= 4 is 23.5 Å². The summed E-state index contributed by atoms with van der Waals surface area (Å²) in [5.41, 5.74) is -1.07. The molecule has 2 aliphatic rings. The van der Waals surface area contributed by atoms with Crippen molar-refractivity contribution in [2.45, 2.75) is 5.92 Å². The van der Waals surface area contributed by atoms with Crippen molar-refractivity contribution in [3.63, 3.8) is 0 Å². The third-order valence-corrected chi connectivity index (χ3v) is 4.36. The molecule has 2 heterocycles. The van der Waals surface area contributed by atoms with E-state index in [0.29, 0.717) is 12.1 Å². The zero-order chi connectivity index (χ0) is 16.8. The average Bonchev–Trinajstić information content (AvgIpc) is 2.84. The Morgan fingerprint density at radius 1 is 1.26 bits per heavy atom. The van der Waals surface area contributed by atoms with Gasteiger partial charge in [0.25, 0.3) is 5.69 Å². The lowest BCUT2D eigenvalue weighted by Crippen LogP contribution is -2.64. The van der Waals surface area contributed by atoms with E-state index >= 15 is 0 Å². The fourth-order valence-electron chi connectivity index (χ4n) is 3.34. The van der Waals surface area contributed by atoms with Crippen LogP contribution in [0, 0.1) is 15.5 Å². The zero-order valence-corrected chi connectivity index (χ0v) is 12.2. The van der Waals surface area contributed by atoms with Gasteiger partial charge in [0.05, 0.1) is 4.92 Å². The number of urea groups is 1. The molecule has 2 aliphatic heterocycles. The van der Waals surface area contributed by atoms with Crippen LogP contribution in [-0.4, -0.2) is 47.8 Å². The van der Waals surface area contributed by atoms with Crippen LogP contribution in [0.2, 0.25) is 0 Å². The molecular formula is C14H14N4O5. The second-order valence-electron chi connectivity index (χ2n) is 5.81. The molecule has 1 unspecified atom stereocenters. The number of barbiturate groups is 1. The number of non-ortho nitro benzene ring substituents is 1. The van der Waals surface area contributed by atoms with Gasteiger partial charge in [-0.1, -0.05) is 12.1 Å². The van der Waals surface area contributed by atoms with Crippen LogP contribution in [0.15, 0.2) is 24.3 Å². The molecule has 1 aromatic rings. The van der Waals surface area contributed by atoms with Crippen molar-refractivity contribution in [2.75, 3.05) is 20.1 Å². The third kappa shape index (κ3) is 2.25. The SMILES string of the molecule is CN1CC(c2cccc([N+](=O)[O-])c2)C2(C1)C(=O)NC(=O)NC2=O. The van der Waals surface area contributed by atoms with E-state index in [-0.39, 0.29) is 12.2 Å². The average molecular weight is 318 g/mol. The number of likely N-dealkylation sites (N-methyl/N-ethyl adjacent to an activating group) is 1. The number of carbonyl (C=O) groups excluding carboxylic acids is 3. The second kappa shape index (κ2) is 5.13. The molecular weight excluding hydrogens is 304 g/mol. The van der Waals surface area contributed by atoms with E-state index in [9.17, 15) is 24.5 Å². The molecule has 0 saturated carbocycles. The molecule has 1 aromatic carbocycles. The summed E-state index contributed by atoms with van der Waals surface area (Å²) in [6, 6.07) is 5.03. The van der Waals surface area contributed by atoms with E-state index < -0.39 is 34.1 Å². The van der Waals surface area contributed by atoms with Gasteiger partial charge in [0.15, 0.2) is 0 Å². The molecule has 9 heteroatoms. The van der Waals surface area contributed by atoms with Gasteiger partial charge >= 0.3 is 6.03 Å². The molecule has 1 spiro atoms. The number of imide groups is 2. The summed E-state index contributed by atoms with van der Waals surface area (Å²) >= 11 is 0. The molecule has 120 valence electrons. The Balaban J connectivity index is 2.08. The van der Waals surface area contributed by atoms with Gasteiger partial charge in [-0.05, 0) is 12.6 Å². The lowest BCUT2D eigenvalue weighted by Gasteiger charge is -2.34. The number of nitrogens with one attached hydrogen (secondary N) is 2. The molecule has 9 nitrogen and oxygen atoms in total. The number of nitrogens with zero attached hydrogens (tertiary/aromatic N) is 2. The van der Waals surface area contributed by atoms with E-state index in [1.54, 1.807) is 18.0 Å². The standard InChI is InChI=1S/C14H14N4O5/c1-17-6-10(8-3-2-4-9(5-8)18(22)23)14(7-17)11(19)15-13(21)16-12(14)20/h2-5,10H,6-7H2,1H3,(H2,15,16,19,20,21). The Labute approximate surface area is 130 Å². The van der Waals surface area contributed by atoms with E-state index in [0.717, 1.165) is 0 Å². The van der Waals surface area contributed by atoms with Crippen LogP contribution in [0.1, 0.15) is 11.5 Å². The number of nitro benzene ring substituents is 1. The molecule has 2 N–H and O–H groups in total. The van der Waals surface area contributed by atoms with Gasteiger partial charge in [-0.25, -0.2) is 4.79 Å². The first-order valence-electron chi connectivity index (χ1n) is 6.94. The molecule has 0 radical (unpaired) electrons. The van der Waals surface area contributed by atoms with Gasteiger partial charge in [0.1, 0.15) is 5.41 Å².